The van der Waals surface area contributed by atoms with Crippen LogP contribution in [0.25, 0.3) is 0 Å². The molecule has 0 bridgehead atoms. The molecule has 4 heteroatoms. The lowest BCUT2D eigenvalue weighted by molar-refractivity contribution is 0.189. The number of aromatic nitrogens is 1. The van der Waals surface area contributed by atoms with Crippen molar-refractivity contribution >= 4 is 0 Å². The van der Waals surface area contributed by atoms with Gasteiger partial charge in [-0.25, -0.2) is 4.39 Å². The van der Waals surface area contributed by atoms with Crippen molar-refractivity contribution in [2.24, 2.45) is 0 Å². The molecule has 76 valence electrons. The summed E-state index contributed by atoms with van der Waals surface area (Å²) in [7, 11) is 0. The third kappa shape index (κ3) is 2.27. The molecule has 3 nitrogen and oxygen atoms in total. The first-order valence-electron chi connectivity index (χ1n) is 4.77. The molecule has 0 aliphatic carbocycles. The van der Waals surface area contributed by atoms with Crippen LogP contribution in [-0.4, -0.2) is 24.2 Å². The predicted molar refractivity (Wildman–Crippen MR) is 50.3 cm³/mol. The highest BCUT2D eigenvalue weighted by Crippen LogP contribution is 2.06. The Morgan fingerprint density at radius 2 is 2.57 bits per heavy atom. The molecular formula is C10H13FN2O. The van der Waals surface area contributed by atoms with E-state index in [1.807, 2.05) is 0 Å². The van der Waals surface area contributed by atoms with Crippen molar-refractivity contribution in [3.8, 4) is 0 Å². The lowest BCUT2D eigenvalue weighted by Gasteiger charge is -2.09. The summed E-state index contributed by atoms with van der Waals surface area (Å²) in [6, 6.07) is 3.36. The average Bonchev–Trinajstić information content (AvgIpc) is 2.69. The number of nitrogens with one attached hydrogen (secondary N) is 1. The Balaban J connectivity index is 1.88. The Morgan fingerprint density at radius 1 is 1.64 bits per heavy atom. The predicted octanol–water partition coefficient (Wildman–Crippen LogP) is 1.10. The molecule has 0 saturated carbocycles. The molecule has 1 atom stereocenters. The molecule has 0 spiro atoms. The van der Waals surface area contributed by atoms with Gasteiger partial charge in [0, 0.05) is 25.4 Å². The zero-order valence-electron chi connectivity index (χ0n) is 7.87. The number of ether oxygens (including phenoxy) is 1. The quantitative estimate of drug-likeness (QED) is 0.786. The fourth-order valence-corrected chi connectivity index (χ4v) is 1.48. The van der Waals surface area contributed by atoms with E-state index < -0.39 is 0 Å². The molecule has 1 fully saturated rings. The maximum atomic E-state index is 13.1. The van der Waals surface area contributed by atoms with E-state index in [1.165, 1.54) is 6.07 Å². The molecule has 1 aliphatic rings. The number of halogens is 1. The fraction of sp³-hybridized carbons (Fsp3) is 0.500. The average molecular weight is 196 g/mol. The normalized spacial score (nSPS) is 21.4. The Morgan fingerprint density at radius 3 is 3.29 bits per heavy atom. The highest BCUT2D eigenvalue weighted by atomic mass is 19.1. The van der Waals surface area contributed by atoms with E-state index in [2.05, 4.69) is 10.3 Å². The molecule has 2 heterocycles. The largest absolute Gasteiger partial charge is 0.380 e. The lowest BCUT2D eigenvalue weighted by Crippen LogP contribution is -2.29. The second kappa shape index (κ2) is 4.48. The number of hydrogen-bond acceptors (Lipinski definition) is 3. The van der Waals surface area contributed by atoms with Gasteiger partial charge in [0.05, 0.1) is 12.3 Å². The van der Waals surface area contributed by atoms with Crippen molar-refractivity contribution in [3.05, 3.63) is 29.8 Å². The standard InChI is InChI=1S/C10H13FN2O/c11-9-2-1-4-12-10(9)6-13-8-3-5-14-7-8/h1-2,4,8,13H,3,5-7H2. The Bertz CT molecular complexity index is 300. The highest BCUT2D eigenvalue weighted by molar-refractivity contribution is 5.06. The van der Waals surface area contributed by atoms with Gasteiger partial charge in [-0.3, -0.25) is 4.98 Å². The highest BCUT2D eigenvalue weighted by Gasteiger charge is 2.15. The first-order chi connectivity index (χ1) is 6.86. The molecule has 2 rings (SSSR count). The van der Waals surface area contributed by atoms with Gasteiger partial charge in [0.15, 0.2) is 0 Å². The van der Waals surface area contributed by atoms with Gasteiger partial charge in [-0.15, -0.1) is 0 Å². The van der Waals surface area contributed by atoms with Crippen molar-refractivity contribution in [1.82, 2.24) is 10.3 Å². The Kier molecular flexibility index (Phi) is 3.06. The summed E-state index contributed by atoms with van der Waals surface area (Å²) in [5, 5.41) is 3.21. The van der Waals surface area contributed by atoms with E-state index in [0.29, 0.717) is 24.9 Å². The van der Waals surface area contributed by atoms with Crippen LogP contribution in [0.1, 0.15) is 12.1 Å². The molecule has 1 saturated heterocycles. The van der Waals surface area contributed by atoms with Gasteiger partial charge >= 0.3 is 0 Å². The van der Waals surface area contributed by atoms with Gasteiger partial charge in [0.1, 0.15) is 5.82 Å². The van der Waals surface area contributed by atoms with E-state index in [-0.39, 0.29) is 5.82 Å². The van der Waals surface area contributed by atoms with Crippen LogP contribution in [0.4, 0.5) is 4.39 Å². The molecule has 1 N–H and O–H groups in total. The van der Waals surface area contributed by atoms with E-state index in [9.17, 15) is 4.39 Å². The van der Waals surface area contributed by atoms with Crippen LogP contribution in [0.2, 0.25) is 0 Å². The van der Waals surface area contributed by atoms with Crippen molar-refractivity contribution in [2.45, 2.75) is 19.0 Å². The van der Waals surface area contributed by atoms with E-state index in [1.54, 1.807) is 12.3 Å². The van der Waals surface area contributed by atoms with Crippen molar-refractivity contribution in [2.75, 3.05) is 13.2 Å². The first-order valence-corrected chi connectivity index (χ1v) is 4.77. The molecule has 0 aromatic carbocycles. The van der Waals surface area contributed by atoms with Crippen LogP contribution in [0.5, 0.6) is 0 Å². The van der Waals surface area contributed by atoms with Crippen molar-refractivity contribution < 1.29 is 9.13 Å². The molecule has 0 amide bonds. The molecule has 1 aromatic heterocycles. The van der Waals surface area contributed by atoms with Gasteiger partial charge in [-0.1, -0.05) is 0 Å². The van der Waals surface area contributed by atoms with Gasteiger partial charge in [-0.05, 0) is 18.6 Å². The van der Waals surface area contributed by atoms with E-state index in [4.69, 9.17) is 4.74 Å². The van der Waals surface area contributed by atoms with Gasteiger partial charge in [0.2, 0.25) is 0 Å². The summed E-state index contributed by atoms with van der Waals surface area (Å²) in [5.41, 5.74) is 0.472. The van der Waals surface area contributed by atoms with Gasteiger partial charge in [0.25, 0.3) is 0 Å². The van der Waals surface area contributed by atoms with Crippen LogP contribution in [-0.2, 0) is 11.3 Å². The number of hydrogen-bond donors (Lipinski definition) is 1. The first kappa shape index (κ1) is 9.55. The number of rotatable bonds is 3. The van der Waals surface area contributed by atoms with Crippen LogP contribution in [0.15, 0.2) is 18.3 Å². The van der Waals surface area contributed by atoms with Crippen LogP contribution in [0, 0.1) is 5.82 Å². The SMILES string of the molecule is Fc1cccnc1CNC1CCOC1. The maximum Gasteiger partial charge on any atom is 0.146 e. The van der Waals surface area contributed by atoms with E-state index in [0.717, 1.165) is 13.0 Å². The Hall–Kier alpha value is -1.00. The second-order valence-electron chi connectivity index (χ2n) is 3.37. The van der Waals surface area contributed by atoms with Crippen LogP contribution >= 0.6 is 0 Å². The molecule has 1 unspecified atom stereocenters. The zero-order valence-corrected chi connectivity index (χ0v) is 7.87. The summed E-state index contributed by atoms with van der Waals surface area (Å²) < 4.78 is 18.3. The molecule has 14 heavy (non-hydrogen) atoms. The Labute approximate surface area is 82.3 Å². The molecular weight excluding hydrogens is 183 g/mol. The smallest absolute Gasteiger partial charge is 0.146 e. The fourth-order valence-electron chi connectivity index (χ4n) is 1.48. The zero-order chi connectivity index (χ0) is 9.80. The van der Waals surface area contributed by atoms with Crippen molar-refractivity contribution in [1.29, 1.82) is 0 Å². The summed E-state index contributed by atoms with van der Waals surface area (Å²) >= 11 is 0. The van der Waals surface area contributed by atoms with Crippen LogP contribution < -0.4 is 5.32 Å². The summed E-state index contributed by atoms with van der Waals surface area (Å²) in [6.45, 7) is 1.98. The maximum absolute atomic E-state index is 13.1. The van der Waals surface area contributed by atoms with E-state index >= 15 is 0 Å². The minimum atomic E-state index is -0.251. The topological polar surface area (TPSA) is 34.2 Å². The lowest BCUT2D eigenvalue weighted by atomic mass is 10.2. The monoisotopic (exact) mass is 196 g/mol. The van der Waals surface area contributed by atoms with Crippen LogP contribution in [0.3, 0.4) is 0 Å². The molecule has 1 aromatic rings. The molecule has 1 aliphatic heterocycles. The minimum Gasteiger partial charge on any atom is -0.380 e. The number of nitrogens with zero attached hydrogens (tertiary/aromatic N) is 1. The third-order valence-electron chi connectivity index (χ3n) is 2.32. The number of pyridine rings is 1. The second-order valence-corrected chi connectivity index (χ2v) is 3.37. The molecule has 0 radical (unpaired) electrons. The minimum absolute atomic E-state index is 0.251. The van der Waals surface area contributed by atoms with Crippen molar-refractivity contribution in [3.63, 3.8) is 0 Å². The summed E-state index contributed by atoms with van der Waals surface area (Å²) in [5.74, 6) is -0.251. The van der Waals surface area contributed by atoms with Gasteiger partial charge in [-0.2, -0.15) is 0 Å². The summed E-state index contributed by atoms with van der Waals surface area (Å²) in [6.07, 6.45) is 2.60. The van der Waals surface area contributed by atoms with Gasteiger partial charge < -0.3 is 10.1 Å². The third-order valence-corrected chi connectivity index (χ3v) is 2.32. The summed E-state index contributed by atoms with van der Waals surface area (Å²) in [4.78, 5) is 3.96.